The highest BCUT2D eigenvalue weighted by Crippen LogP contribution is 2.33. The first-order valence-corrected chi connectivity index (χ1v) is 11.9. The van der Waals surface area contributed by atoms with Gasteiger partial charge in [-0.2, -0.15) is 0 Å². The maximum Gasteiger partial charge on any atom is 0.506 e. The Kier molecular flexibility index (Phi) is 7.98. The average Bonchev–Trinajstić information content (AvgIpc) is 2.86. The van der Waals surface area contributed by atoms with Crippen LogP contribution in [-0.4, -0.2) is 53.5 Å². The van der Waals surface area contributed by atoms with Gasteiger partial charge in [0.1, 0.15) is 17.2 Å². The smallest absolute Gasteiger partial charge is 0.497 e. The zero-order valence-corrected chi connectivity index (χ0v) is 20.0. The predicted molar refractivity (Wildman–Crippen MR) is 134 cm³/mol. The molecule has 1 N–H and O–H groups in total. The fourth-order valence-corrected chi connectivity index (χ4v) is 4.80. The van der Waals surface area contributed by atoms with Gasteiger partial charge in [-0.1, -0.05) is 42.5 Å². The second kappa shape index (κ2) is 11.3. The Hall–Kier alpha value is -3.45. The van der Waals surface area contributed by atoms with E-state index in [1.807, 2.05) is 24.3 Å². The van der Waals surface area contributed by atoms with Crippen LogP contribution in [0.15, 0.2) is 60.8 Å². The van der Waals surface area contributed by atoms with Crippen molar-refractivity contribution in [3.8, 4) is 5.75 Å². The number of aryl methyl sites for hydroxylation is 1. The van der Waals surface area contributed by atoms with E-state index >= 15 is 0 Å². The summed E-state index contributed by atoms with van der Waals surface area (Å²) in [5, 5.41) is 10.1. The molecule has 1 saturated heterocycles. The number of fused-ring (bicyclic) bond motifs is 1. The number of benzene rings is 2. The van der Waals surface area contributed by atoms with E-state index in [2.05, 4.69) is 34.2 Å². The third-order valence-corrected chi connectivity index (χ3v) is 6.74. The average molecular weight is 479 g/mol. The van der Waals surface area contributed by atoms with Crippen molar-refractivity contribution in [3.05, 3.63) is 77.7 Å². The van der Waals surface area contributed by atoms with Crippen molar-refractivity contribution >= 4 is 23.1 Å². The lowest BCUT2D eigenvalue weighted by Crippen LogP contribution is -2.47. The van der Waals surface area contributed by atoms with Crippen molar-refractivity contribution in [1.82, 2.24) is 9.88 Å². The number of piperidine rings is 1. The van der Waals surface area contributed by atoms with Gasteiger partial charge >= 0.3 is 6.16 Å². The van der Waals surface area contributed by atoms with E-state index in [0.717, 1.165) is 30.6 Å². The standard InChI is InChI=1S/C28H31FN2O4/c1-34-22-11-12-26-24(19-22)23(25(29)20-30-26)10-5-13-28(35-27(32)33)14-17-31(18-15-28)16-6-9-21-7-3-2-4-8-21/h2-4,6-9,11-12,19-20H,5,10,13-18H2,1H3,(H,32,33). The zero-order valence-electron chi connectivity index (χ0n) is 20.0. The number of carbonyl (C=O) groups is 1. The molecule has 0 atom stereocenters. The Morgan fingerprint density at radius 2 is 1.97 bits per heavy atom. The van der Waals surface area contributed by atoms with Gasteiger partial charge in [0.2, 0.25) is 0 Å². The number of rotatable bonds is 9. The monoisotopic (exact) mass is 478 g/mol. The molecular weight excluding hydrogens is 447 g/mol. The quantitative estimate of drug-likeness (QED) is 0.383. The van der Waals surface area contributed by atoms with E-state index in [1.54, 1.807) is 19.2 Å². The van der Waals surface area contributed by atoms with Gasteiger partial charge in [-0.3, -0.25) is 9.88 Å². The number of methoxy groups -OCH3 is 1. The van der Waals surface area contributed by atoms with Crippen LogP contribution in [-0.2, 0) is 11.2 Å². The van der Waals surface area contributed by atoms with Crippen LogP contribution < -0.4 is 4.74 Å². The minimum Gasteiger partial charge on any atom is -0.497 e. The molecule has 1 aliphatic rings. The van der Waals surface area contributed by atoms with Crippen LogP contribution in [0, 0.1) is 5.82 Å². The Morgan fingerprint density at radius 3 is 2.69 bits per heavy atom. The number of nitrogens with zero attached hydrogens (tertiary/aromatic N) is 2. The first-order chi connectivity index (χ1) is 17.0. The summed E-state index contributed by atoms with van der Waals surface area (Å²) >= 11 is 0. The highest BCUT2D eigenvalue weighted by Gasteiger charge is 2.37. The molecule has 2 aromatic carbocycles. The number of likely N-dealkylation sites (tertiary alicyclic amines) is 1. The normalized spacial score (nSPS) is 15.9. The molecule has 0 radical (unpaired) electrons. The van der Waals surface area contributed by atoms with Gasteiger partial charge in [0, 0.05) is 37.9 Å². The SMILES string of the molecule is COc1ccc2ncc(F)c(CCCC3(OC(=O)O)CCN(CC=Cc4ccccc4)CC3)c2c1. The van der Waals surface area contributed by atoms with Crippen molar-refractivity contribution in [2.45, 2.75) is 37.7 Å². The number of aromatic nitrogens is 1. The van der Waals surface area contributed by atoms with E-state index in [1.165, 1.54) is 6.20 Å². The van der Waals surface area contributed by atoms with E-state index in [-0.39, 0.29) is 5.82 Å². The molecule has 1 aliphatic heterocycles. The summed E-state index contributed by atoms with van der Waals surface area (Å²) in [7, 11) is 1.57. The van der Waals surface area contributed by atoms with E-state index in [0.29, 0.717) is 48.9 Å². The van der Waals surface area contributed by atoms with Gasteiger partial charge in [0.15, 0.2) is 0 Å². The molecule has 2 heterocycles. The van der Waals surface area contributed by atoms with Gasteiger partial charge in [-0.25, -0.2) is 9.18 Å². The van der Waals surface area contributed by atoms with Crippen LogP contribution in [0.25, 0.3) is 17.0 Å². The molecule has 35 heavy (non-hydrogen) atoms. The highest BCUT2D eigenvalue weighted by atomic mass is 19.1. The minimum atomic E-state index is -1.26. The molecule has 0 unspecified atom stereocenters. The number of hydrogen-bond acceptors (Lipinski definition) is 5. The Morgan fingerprint density at radius 1 is 1.20 bits per heavy atom. The van der Waals surface area contributed by atoms with Crippen LogP contribution >= 0.6 is 0 Å². The number of hydrogen-bond donors (Lipinski definition) is 1. The van der Waals surface area contributed by atoms with Crippen LogP contribution in [0.4, 0.5) is 9.18 Å². The second-order valence-corrected chi connectivity index (χ2v) is 8.99. The third-order valence-electron chi connectivity index (χ3n) is 6.74. The van der Waals surface area contributed by atoms with Crippen LogP contribution in [0.5, 0.6) is 5.75 Å². The molecule has 1 fully saturated rings. The Bertz CT molecular complexity index is 1170. The first kappa shape index (κ1) is 24.7. The summed E-state index contributed by atoms with van der Waals surface area (Å²) < 4.78 is 25.4. The molecule has 0 saturated carbocycles. The molecule has 0 spiro atoms. The lowest BCUT2D eigenvalue weighted by atomic mass is 9.85. The molecule has 7 heteroatoms. The molecule has 6 nitrogen and oxygen atoms in total. The summed E-state index contributed by atoms with van der Waals surface area (Å²) in [4.78, 5) is 18.0. The van der Waals surface area contributed by atoms with Crippen molar-refractivity contribution < 1.29 is 23.8 Å². The van der Waals surface area contributed by atoms with Crippen LogP contribution in [0.3, 0.4) is 0 Å². The summed E-state index contributed by atoms with van der Waals surface area (Å²) in [5.41, 5.74) is 1.68. The first-order valence-electron chi connectivity index (χ1n) is 11.9. The van der Waals surface area contributed by atoms with E-state index < -0.39 is 11.8 Å². The summed E-state index contributed by atoms with van der Waals surface area (Å²) in [5.74, 6) is 0.282. The predicted octanol–water partition coefficient (Wildman–Crippen LogP) is 5.95. The highest BCUT2D eigenvalue weighted by molar-refractivity contribution is 5.83. The lowest BCUT2D eigenvalue weighted by Gasteiger charge is -2.40. The van der Waals surface area contributed by atoms with Crippen LogP contribution in [0.1, 0.15) is 36.8 Å². The molecule has 0 amide bonds. The van der Waals surface area contributed by atoms with Gasteiger partial charge in [0.25, 0.3) is 0 Å². The van der Waals surface area contributed by atoms with Gasteiger partial charge < -0.3 is 14.6 Å². The van der Waals surface area contributed by atoms with E-state index in [4.69, 9.17) is 9.47 Å². The lowest BCUT2D eigenvalue weighted by molar-refractivity contribution is -0.0605. The molecule has 4 rings (SSSR count). The maximum atomic E-state index is 14.7. The molecule has 1 aromatic heterocycles. The van der Waals surface area contributed by atoms with Crippen molar-refractivity contribution in [2.75, 3.05) is 26.7 Å². The Balaban J connectivity index is 1.38. The molecule has 3 aromatic rings. The summed E-state index contributed by atoms with van der Waals surface area (Å²) in [6, 6.07) is 15.5. The number of ether oxygens (including phenoxy) is 2. The van der Waals surface area contributed by atoms with E-state index in [9.17, 15) is 14.3 Å². The molecule has 0 bridgehead atoms. The minimum absolute atomic E-state index is 0.362. The molecular formula is C28H31FN2O4. The molecule has 184 valence electrons. The van der Waals surface area contributed by atoms with Crippen molar-refractivity contribution in [2.24, 2.45) is 0 Å². The van der Waals surface area contributed by atoms with Gasteiger partial charge in [-0.15, -0.1) is 0 Å². The fourth-order valence-electron chi connectivity index (χ4n) is 4.80. The van der Waals surface area contributed by atoms with Gasteiger partial charge in [-0.05, 0) is 48.6 Å². The maximum absolute atomic E-state index is 14.7. The third kappa shape index (κ3) is 6.36. The second-order valence-electron chi connectivity index (χ2n) is 8.99. The zero-order chi connectivity index (χ0) is 24.7. The summed E-state index contributed by atoms with van der Waals surface area (Å²) in [6.45, 7) is 2.29. The molecule has 0 aliphatic carbocycles. The van der Waals surface area contributed by atoms with Crippen LogP contribution in [0.2, 0.25) is 0 Å². The fraction of sp³-hybridized carbons (Fsp3) is 0.357. The number of carboxylic acid groups (broad SMARTS) is 1. The Labute approximate surface area is 205 Å². The van der Waals surface area contributed by atoms with Crippen molar-refractivity contribution in [1.29, 1.82) is 0 Å². The number of pyridine rings is 1. The van der Waals surface area contributed by atoms with Gasteiger partial charge in [0.05, 0.1) is 18.8 Å². The summed E-state index contributed by atoms with van der Waals surface area (Å²) in [6.07, 6.45) is 7.06. The van der Waals surface area contributed by atoms with Crippen molar-refractivity contribution in [3.63, 3.8) is 0 Å². The number of halogens is 1. The topological polar surface area (TPSA) is 71.9 Å². The largest absolute Gasteiger partial charge is 0.506 e.